The Bertz CT molecular complexity index is 6.85. The molecule has 0 amide bonds. The molecule has 34 valence electrons. The van der Waals surface area contributed by atoms with Crippen LogP contribution in [0.4, 0.5) is 0 Å². The van der Waals surface area contributed by atoms with Crippen LogP contribution >= 0.6 is 34.6 Å². The van der Waals surface area contributed by atoms with Crippen LogP contribution in [0.25, 0.3) is 0 Å². The zero-order valence-corrected chi connectivity index (χ0v) is 6.90. The van der Waals surface area contributed by atoms with Gasteiger partial charge in [0.25, 0.3) is 0 Å². The lowest BCUT2D eigenvalue weighted by atomic mass is 13.9. The molecular weight excluding hydrogens is 148 g/mol. The van der Waals surface area contributed by atoms with Crippen LogP contribution in [0, 0.1) is 0 Å². The van der Waals surface area contributed by atoms with Gasteiger partial charge in [-0.2, -0.15) is 11.1 Å². The first-order valence-electron chi connectivity index (χ1n) is 0.756. The Morgan fingerprint density at radius 3 is 1.20 bits per heavy atom. The first kappa shape index (κ1) is 9.40. The molecule has 5 heteroatoms. The fraction of sp³-hybridized carbons (Fsp3) is 0. The highest BCUT2D eigenvalue weighted by atomic mass is 35.6. The summed E-state index contributed by atoms with van der Waals surface area (Å²) in [6.07, 6.45) is 0. The molecule has 5 heavy (non-hydrogen) atoms. The van der Waals surface area contributed by atoms with E-state index >= 15 is 0 Å². The van der Waals surface area contributed by atoms with Crippen molar-refractivity contribution < 1.29 is 0 Å². The summed E-state index contributed by atoms with van der Waals surface area (Å²) in [7, 11) is 0.778. The number of hydrogen-bond donors (Lipinski definition) is 1. The van der Waals surface area contributed by atoms with Gasteiger partial charge in [0, 0.05) is 0 Å². The minimum atomic E-state index is 0.778. The first-order chi connectivity index (χ1) is 2.41. The summed E-state index contributed by atoms with van der Waals surface area (Å²) in [4.78, 5) is 0. The third-order valence-corrected chi connectivity index (χ3v) is 0. The molecule has 0 aliphatic rings. The summed E-state index contributed by atoms with van der Waals surface area (Å²) in [6.45, 7) is 0. The van der Waals surface area contributed by atoms with Crippen LogP contribution in [0.3, 0.4) is 0 Å². The quantitative estimate of drug-likeness (QED) is 0.301. The standard InChI is InChI=1S/Cl2HN.ClH3Si/c1-3-2;1-2/h3H;2H3. The van der Waals surface area contributed by atoms with Gasteiger partial charge >= 0.3 is 0 Å². The highest BCUT2D eigenvalue weighted by Crippen LogP contribution is 1.57. The molecule has 0 bridgehead atoms. The van der Waals surface area contributed by atoms with Gasteiger partial charge in [0.1, 0.15) is 9.55 Å². The predicted molar refractivity (Wildman–Crippen MR) is 30.6 cm³/mol. The van der Waals surface area contributed by atoms with Gasteiger partial charge in [0.2, 0.25) is 0 Å². The third-order valence-electron chi connectivity index (χ3n) is 0. The van der Waals surface area contributed by atoms with Crippen LogP contribution in [0.15, 0.2) is 0 Å². The molecule has 0 saturated heterocycles. The maximum absolute atomic E-state index is 4.78. The number of hydrogen-bond acceptors (Lipinski definition) is 1. The zero-order chi connectivity index (χ0) is 4.71. The van der Waals surface area contributed by atoms with E-state index in [-0.39, 0.29) is 0 Å². The van der Waals surface area contributed by atoms with Gasteiger partial charge in [-0.05, 0) is 23.6 Å². The van der Waals surface area contributed by atoms with Gasteiger partial charge < -0.3 is 0 Å². The van der Waals surface area contributed by atoms with Crippen molar-refractivity contribution in [3.05, 3.63) is 0 Å². The molecule has 0 aliphatic carbocycles. The molecule has 1 N–H and O–H groups in total. The van der Waals surface area contributed by atoms with Crippen molar-refractivity contribution >= 4 is 44.2 Å². The molecule has 0 radical (unpaired) electrons. The minimum Gasteiger partial charge on any atom is -0.181 e. The number of halogens is 3. The Hall–Kier alpha value is 1.05. The molecule has 0 heterocycles. The highest BCUT2D eigenvalue weighted by Gasteiger charge is 1.34. The Morgan fingerprint density at radius 1 is 1.20 bits per heavy atom. The molecule has 0 aromatic carbocycles. The maximum atomic E-state index is 4.78. The van der Waals surface area contributed by atoms with Crippen molar-refractivity contribution in [2.75, 3.05) is 0 Å². The summed E-state index contributed by atoms with van der Waals surface area (Å²) >= 11 is 13.8. The molecule has 0 atom stereocenters. The van der Waals surface area contributed by atoms with Crippen molar-refractivity contribution in [3.63, 3.8) is 0 Å². The Balaban J connectivity index is 0. The summed E-state index contributed by atoms with van der Waals surface area (Å²) in [6, 6.07) is 0. The molecule has 0 rings (SSSR count). The average Bonchev–Trinajstić information content (AvgIpc) is 1.46. The second-order valence-corrected chi connectivity index (χ2v) is 0.643. The lowest BCUT2D eigenvalue weighted by Crippen LogP contribution is -1.59. The van der Waals surface area contributed by atoms with E-state index in [4.69, 9.17) is 11.1 Å². The average molecular weight is 152 g/mol. The minimum absolute atomic E-state index is 0.778. The summed E-state index contributed by atoms with van der Waals surface area (Å²) in [5, 5.41) is 0. The van der Waals surface area contributed by atoms with E-state index in [0.717, 1.165) is 9.55 Å². The highest BCUT2D eigenvalue weighted by molar-refractivity contribution is 6.80. The molecule has 0 aromatic heterocycles. The van der Waals surface area contributed by atoms with Gasteiger partial charge in [0.15, 0.2) is 0 Å². The third kappa shape index (κ3) is 42.8. The molecule has 1 nitrogen and oxygen atoms in total. The van der Waals surface area contributed by atoms with E-state index in [9.17, 15) is 0 Å². The molecule has 0 aromatic rings. The van der Waals surface area contributed by atoms with E-state index < -0.39 is 0 Å². The van der Waals surface area contributed by atoms with Crippen LogP contribution in [0.1, 0.15) is 0 Å². The summed E-state index contributed by atoms with van der Waals surface area (Å²) in [5.41, 5.74) is 0. The lowest BCUT2D eigenvalue weighted by molar-refractivity contribution is 1.69. The zero-order valence-electron chi connectivity index (χ0n) is 2.63. The van der Waals surface area contributed by atoms with Crippen molar-refractivity contribution in [1.29, 1.82) is 0 Å². The Morgan fingerprint density at radius 2 is 1.20 bits per heavy atom. The fourth-order valence-corrected chi connectivity index (χ4v) is 0. The molecule has 0 saturated carbocycles. The van der Waals surface area contributed by atoms with E-state index in [1.165, 1.54) is 0 Å². The van der Waals surface area contributed by atoms with Crippen LogP contribution in [0.5, 0.6) is 0 Å². The topological polar surface area (TPSA) is 12.0 Å². The van der Waals surface area contributed by atoms with E-state index in [1.807, 2.05) is 0 Å². The maximum Gasteiger partial charge on any atom is 0.109 e. The fourth-order valence-electron chi connectivity index (χ4n) is 0. The summed E-state index contributed by atoms with van der Waals surface area (Å²) in [5.74, 6) is 0. The largest absolute Gasteiger partial charge is 0.181 e. The van der Waals surface area contributed by atoms with E-state index in [2.05, 4.69) is 23.6 Å². The van der Waals surface area contributed by atoms with Crippen molar-refractivity contribution in [2.45, 2.75) is 0 Å². The van der Waals surface area contributed by atoms with Crippen LogP contribution in [-0.2, 0) is 0 Å². The molecule has 0 aliphatic heterocycles. The van der Waals surface area contributed by atoms with Gasteiger partial charge in [-0.25, -0.2) is 0 Å². The van der Waals surface area contributed by atoms with Crippen molar-refractivity contribution in [3.8, 4) is 0 Å². The van der Waals surface area contributed by atoms with E-state index in [0.29, 0.717) is 0 Å². The normalized spacial score (nSPS) is 5.40. The summed E-state index contributed by atoms with van der Waals surface area (Å²) < 4.78 is 1.69. The molecular formula is H4Cl3NSi. The van der Waals surface area contributed by atoms with Crippen LogP contribution < -0.4 is 4.35 Å². The Kier molecular flexibility index (Phi) is 37.1. The number of nitrogens with one attached hydrogen (secondary N) is 1. The number of rotatable bonds is 0. The molecule has 0 unspecified atom stereocenters. The predicted octanol–water partition coefficient (Wildman–Crippen LogP) is 0.389. The monoisotopic (exact) mass is 151 g/mol. The van der Waals surface area contributed by atoms with Crippen molar-refractivity contribution in [2.24, 2.45) is 0 Å². The first-order valence-corrected chi connectivity index (χ1v) is 4.54. The molecule has 0 spiro atoms. The molecule has 0 fully saturated rings. The van der Waals surface area contributed by atoms with Crippen LogP contribution in [-0.4, -0.2) is 9.55 Å². The van der Waals surface area contributed by atoms with Crippen LogP contribution in [0.2, 0.25) is 0 Å². The van der Waals surface area contributed by atoms with E-state index in [1.54, 1.807) is 4.35 Å². The second kappa shape index (κ2) is 19.7. The lowest BCUT2D eigenvalue weighted by Gasteiger charge is -1.49. The second-order valence-electron chi connectivity index (χ2n) is 0.0714. The van der Waals surface area contributed by atoms with Gasteiger partial charge in [-0.15, -0.1) is 4.35 Å². The van der Waals surface area contributed by atoms with Gasteiger partial charge in [-0.3, -0.25) is 0 Å². The Labute approximate surface area is 48.9 Å². The smallest absolute Gasteiger partial charge is 0.109 e. The van der Waals surface area contributed by atoms with Crippen molar-refractivity contribution in [1.82, 2.24) is 4.35 Å². The van der Waals surface area contributed by atoms with Gasteiger partial charge in [0.05, 0.1) is 0 Å². The SMILES string of the molecule is ClNCl.[SiH3]Cl. The van der Waals surface area contributed by atoms with Gasteiger partial charge in [-0.1, -0.05) is 0 Å².